The fourth-order valence-electron chi connectivity index (χ4n) is 5.10. The van der Waals surface area contributed by atoms with Crippen molar-refractivity contribution in [3.63, 3.8) is 0 Å². The number of rotatable bonds is 5. The molecule has 2 aromatic carbocycles. The zero-order chi connectivity index (χ0) is 25.4. The second kappa shape index (κ2) is 9.74. The number of hydrogen-bond donors (Lipinski definition) is 0. The largest absolute Gasteiger partial charge is 0.482 e. The van der Waals surface area contributed by atoms with Gasteiger partial charge in [-0.1, -0.05) is 12.1 Å². The van der Waals surface area contributed by atoms with Gasteiger partial charge in [-0.2, -0.15) is 4.31 Å². The highest BCUT2D eigenvalue weighted by molar-refractivity contribution is 7.89. The van der Waals surface area contributed by atoms with Gasteiger partial charge in [-0.15, -0.1) is 0 Å². The third kappa shape index (κ3) is 4.55. The van der Waals surface area contributed by atoms with Crippen LogP contribution in [0.2, 0.25) is 0 Å². The number of ether oxygens (including phenoxy) is 1. The highest BCUT2D eigenvalue weighted by Gasteiger charge is 2.33. The van der Waals surface area contributed by atoms with Gasteiger partial charge in [0.05, 0.1) is 10.6 Å². The molecule has 0 atom stereocenters. The number of piperazine rings is 1. The summed E-state index contributed by atoms with van der Waals surface area (Å²) in [6.45, 7) is 7.40. The molecule has 0 aliphatic carbocycles. The van der Waals surface area contributed by atoms with Gasteiger partial charge in [0, 0.05) is 45.0 Å². The standard InChI is InChI=1S/C26H32N4O5S/c1-19-6-5-7-22(20(19)2)27-12-14-28(15-13-27)25(31)17-30-23-16-21(8-9-24(23)35-18-26(30)32)36(33,34)29-10-3-4-11-29/h5-9,16H,3-4,10-15,17-18H2,1-2H3. The van der Waals surface area contributed by atoms with Crippen LogP contribution in [0.5, 0.6) is 5.75 Å². The van der Waals surface area contributed by atoms with Crippen molar-refractivity contribution in [1.82, 2.24) is 9.21 Å². The molecule has 36 heavy (non-hydrogen) atoms. The molecule has 2 fully saturated rings. The summed E-state index contributed by atoms with van der Waals surface area (Å²) in [6, 6.07) is 10.8. The van der Waals surface area contributed by atoms with Crippen molar-refractivity contribution in [2.75, 3.05) is 62.2 Å². The third-order valence-corrected chi connectivity index (χ3v) is 9.31. The number of amides is 2. The molecule has 0 N–H and O–H groups in total. The van der Waals surface area contributed by atoms with E-state index in [2.05, 4.69) is 36.9 Å². The molecule has 9 nitrogen and oxygen atoms in total. The molecule has 5 rings (SSSR count). The van der Waals surface area contributed by atoms with Gasteiger partial charge < -0.3 is 14.5 Å². The first-order valence-corrected chi connectivity index (χ1v) is 13.9. The Balaban J connectivity index is 1.30. The van der Waals surface area contributed by atoms with Crippen molar-refractivity contribution in [3.05, 3.63) is 47.5 Å². The second-order valence-electron chi connectivity index (χ2n) is 9.60. The van der Waals surface area contributed by atoms with Crippen LogP contribution in [-0.4, -0.2) is 81.9 Å². The molecule has 2 amide bonds. The van der Waals surface area contributed by atoms with Gasteiger partial charge in [0.1, 0.15) is 12.3 Å². The van der Waals surface area contributed by atoms with E-state index in [1.165, 1.54) is 38.2 Å². The Morgan fingerprint density at radius 1 is 0.944 bits per heavy atom. The van der Waals surface area contributed by atoms with E-state index in [0.717, 1.165) is 12.8 Å². The van der Waals surface area contributed by atoms with Crippen molar-refractivity contribution in [3.8, 4) is 5.75 Å². The lowest BCUT2D eigenvalue weighted by atomic mass is 10.1. The van der Waals surface area contributed by atoms with Crippen molar-refractivity contribution >= 4 is 33.2 Å². The predicted molar refractivity (Wildman–Crippen MR) is 137 cm³/mol. The van der Waals surface area contributed by atoms with Crippen molar-refractivity contribution in [1.29, 1.82) is 0 Å². The van der Waals surface area contributed by atoms with E-state index in [1.54, 1.807) is 11.0 Å². The van der Waals surface area contributed by atoms with Crippen LogP contribution in [0.4, 0.5) is 11.4 Å². The van der Waals surface area contributed by atoms with E-state index in [-0.39, 0.29) is 29.9 Å². The first-order chi connectivity index (χ1) is 17.3. The highest BCUT2D eigenvalue weighted by atomic mass is 32.2. The fourth-order valence-corrected chi connectivity index (χ4v) is 6.64. The maximum Gasteiger partial charge on any atom is 0.265 e. The number of carbonyl (C=O) groups excluding carboxylic acids is 2. The Morgan fingerprint density at radius 3 is 2.39 bits per heavy atom. The smallest absolute Gasteiger partial charge is 0.265 e. The van der Waals surface area contributed by atoms with Gasteiger partial charge in [-0.25, -0.2) is 8.42 Å². The summed E-state index contributed by atoms with van der Waals surface area (Å²) in [5.41, 5.74) is 3.99. The van der Waals surface area contributed by atoms with Crippen LogP contribution < -0.4 is 14.5 Å². The molecule has 3 aliphatic rings. The van der Waals surface area contributed by atoms with Crippen LogP contribution in [0, 0.1) is 13.8 Å². The molecule has 2 aromatic rings. The lowest BCUT2D eigenvalue weighted by Crippen LogP contribution is -2.53. The maximum absolute atomic E-state index is 13.2. The number of carbonyl (C=O) groups is 2. The van der Waals surface area contributed by atoms with Gasteiger partial charge in [-0.05, 0) is 62.1 Å². The number of aryl methyl sites for hydroxylation is 1. The summed E-state index contributed by atoms with van der Waals surface area (Å²) in [6.07, 6.45) is 1.67. The Hall–Kier alpha value is -3.11. The van der Waals surface area contributed by atoms with E-state index >= 15 is 0 Å². The molecule has 0 spiro atoms. The Morgan fingerprint density at radius 2 is 1.67 bits per heavy atom. The van der Waals surface area contributed by atoms with Crippen molar-refractivity contribution in [2.45, 2.75) is 31.6 Å². The number of fused-ring (bicyclic) bond motifs is 1. The minimum absolute atomic E-state index is 0.112. The molecular formula is C26H32N4O5S. The average Bonchev–Trinajstić information content (AvgIpc) is 3.43. The summed E-state index contributed by atoms with van der Waals surface area (Å²) in [5, 5.41) is 0. The fraction of sp³-hybridized carbons (Fsp3) is 0.462. The van der Waals surface area contributed by atoms with Crippen LogP contribution in [0.3, 0.4) is 0 Å². The van der Waals surface area contributed by atoms with Gasteiger partial charge >= 0.3 is 0 Å². The third-order valence-electron chi connectivity index (χ3n) is 7.42. The highest BCUT2D eigenvalue weighted by Crippen LogP contribution is 2.35. The molecule has 0 bridgehead atoms. The number of nitrogens with zero attached hydrogens (tertiary/aromatic N) is 4. The summed E-state index contributed by atoms with van der Waals surface area (Å²) >= 11 is 0. The first kappa shape index (κ1) is 24.6. The number of benzene rings is 2. The summed E-state index contributed by atoms with van der Waals surface area (Å²) in [5.74, 6) is -0.118. The lowest BCUT2D eigenvalue weighted by molar-refractivity contribution is -0.132. The summed E-state index contributed by atoms with van der Waals surface area (Å²) in [7, 11) is -3.66. The molecular weight excluding hydrogens is 480 g/mol. The molecule has 192 valence electrons. The Kier molecular flexibility index (Phi) is 6.65. The van der Waals surface area contributed by atoms with E-state index in [0.29, 0.717) is 50.7 Å². The molecule has 3 aliphatic heterocycles. The summed E-state index contributed by atoms with van der Waals surface area (Å²) in [4.78, 5) is 31.5. The molecule has 2 saturated heterocycles. The SMILES string of the molecule is Cc1cccc(N2CCN(C(=O)CN3C(=O)COc4ccc(S(=O)(=O)N5CCCC5)cc43)CC2)c1C. The van der Waals surface area contributed by atoms with Crippen LogP contribution in [0.15, 0.2) is 41.3 Å². The predicted octanol–water partition coefficient (Wildman–Crippen LogP) is 2.16. The second-order valence-corrected chi connectivity index (χ2v) is 11.5. The molecule has 0 saturated carbocycles. The maximum atomic E-state index is 13.2. The Labute approximate surface area is 212 Å². The van der Waals surface area contributed by atoms with E-state index in [9.17, 15) is 18.0 Å². The Bertz CT molecular complexity index is 1280. The molecule has 0 unspecified atom stereocenters. The van der Waals surface area contributed by atoms with Crippen LogP contribution in [-0.2, 0) is 19.6 Å². The van der Waals surface area contributed by atoms with E-state index in [1.807, 2.05) is 0 Å². The van der Waals surface area contributed by atoms with Gasteiger partial charge in [0.15, 0.2) is 6.61 Å². The van der Waals surface area contributed by atoms with Crippen LogP contribution >= 0.6 is 0 Å². The summed E-state index contributed by atoms with van der Waals surface area (Å²) < 4.78 is 33.1. The van der Waals surface area contributed by atoms with Crippen molar-refractivity contribution in [2.24, 2.45) is 0 Å². The zero-order valence-corrected chi connectivity index (χ0v) is 21.6. The molecule has 0 aromatic heterocycles. The molecule has 10 heteroatoms. The normalized spacial score (nSPS) is 18.8. The number of sulfonamides is 1. The average molecular weight is 513 g/mol. The topological polar surface area (TPSA) is 90.5 Å². The molecule has 0 radical (unpaired) electrons. The monoisotopic (exact) mass is 512 g/mol. The first-order valence-electron chi connectivity index (χ1n) is 12.4. The lowest BCUT2D eigenvalue weighted by Gasteiger charge is -2.38. The van der Waals surface area contributed by atoms with Crippen LogP contribution in [0.1, 0.15) is 24.0 Å². The van der Waals surface area contributed by atoms with Gasteiger partial charge in [0.2, 0.25) is 15.9 Å². The van der Waals surface area contributed by atoms with E-state index < -0.39 is 10.0 Å². The van der Waals surface area contributed by atoms with E-state index in [4.69, 9.17) is 4.74 Å². The number of hydrogen-bond acceptors (Lipinski definition) is 6. The molecule has 3 heterocycles. The van der Waals surface area contributed by atoms with Crippen LogP contribution in [0.25, 0.3) is 0 Å². The van der Waals surface area contributed by atoms with Crippen molar-refractivity contribution < 1.29 is 22.7 Å². The minimum atomic E-state index is -3.66. The number of anilines is 2. The zero-order valence-electron chi connectivity index (χ0n) is 20.8. The minimum Gasteiger partial charge on any atom is -0.482 e. The van der Waals surface area contributed by atoms with Gasteiger partial charge in [0.25, 0.3) is 5.91 Å². The van der Waals surface area contributed by atoms with Gasteiger partial charge in [-0.3, -0.25) is 14.5 Å². The quantitative estimate of drug-likeness (QED) is 0.610.